The lowest BCUT2D eigenvalue weighted by Gasteiger charge is -2.31. The van der Waals surface area contributed by atoms with Gasteiger partial charge in [-0.2, -0.15) is 0 Å². The van der Waals surface area contributed by atoms with Gasteiger partial charge in [-0.3, -0.25) is 0 Å². The molecule has 3 unspecified atom stereocenters. The molecule has 3 heteroatoms. The molecule has 17 heavy (non-hydrogen) atoms. The molecule has 1 aliphatic carbocycles. The third-order valence-electron chi connectivity index (χ3n) is 3.82. The highest BCUT2D eigenvalue weighted by atomic mass is 32.2. The summed E-state index contributed by atoms with van der Waals surface area (Å²) in [6.45, 7) is 4.63. The van der Waals surface area contributed by atoms with Crippen LogP contribution < -0.4 is 5.73 Å². The molecule has 1 aromatic rings. The molecule has 0 amide bonds. The Morgan fingerprint density at radius 1 is 1.24 bits per heavy atom. The van der Waals surface area contributed by atoms with E-state index in [0.29, 0.717) is 10.9 Å². The van der Waals surface area contributed by atoms with Crippen molar-refractivity contribution >= 4 is 17.4 Å². The Hall–Kier alpha value is -0.700. The van der Waals surface area contributed by atoms with Gasteiger partial charge in [-0.15, -0.1) is 11.8 Å². The van der Waals surface area contributed by atoms with Gasteiger partial charge in [0, 0.05) is 15.8 Å². The minimum absolute atomic E-state index is 0.195. The molecule has 0 aromatic heterocycles. The van der Waals surface area contributed by atoms with Crippen LogP contribution in [0.25, 0.3) is 0 Å². The maximum absolute atomic E-state index is 13.2. The molecule has 2 rings (SSSR count). The molecule has 0 heterocycles. The fourth-order valence-corrected chi connectivity index (χ4v) is 3.79. The molecule has 1 aliphatic rings. The first-order chi connectivity index (χ1) is 8.06. The van der Waals surface area contributed by atoms with E-state index < -0.39 is 0 Å². The van der Waals surface area contributed by atoms with Crippen LogP contribution in [0.3, 0.4) is 0 Å². The summed E-state index contributed by atoms with van der Waals surface area (Å²) in [6.07, 6.45) is 3.70. The van der Waals surface area contributed by atoms with Crippen LogP contribution in [0.5, 0.6) is 0 Å². The van der Waals surface area contributed by atoms with E-state index in [1.165, 1.54) is 25.3 Å². The minimum Gasteiger partial charge on any atom is -0.398 e. The maximum atomic E-state index is 13.2. The average molecular weight is 253 g/mol. The fourth-order valence-electron chi connectivity index (χ4n) is 2.39. The van der Waals surface area contributed by atoms with Gasteiger partial charge in [0.2, 0.25) is 0 Å². The van der Waals surface area contributed by atoms with Crippen molar-refractivity contribution in [3.63, 3.8) is 0 Å². The Bertz CT molecular complexity index is 394. The van der Waals surface area contributed by atoms with Crippen LogP contribution in [-0.4, -0.2) is 5.25 Å². The zero-order chi connectivity index (χ0) is 12.4. The van der Waals surface area contributed by atoms with E-state index in [4.69, 9.17) is 5.73 Å². The van der Waals surface area contributed by atoms with Crippen molar-refractivity contribution in [1.29, 1.82) is 0 Å². The van der Waals surface area contributed by atoms with Crippen molar-refractivity contribution in [2.24, 2.45) is 11.8 Å². The predicted molar refractivity (Wildman–Crippen MR) is 72.6 cm³/mol. The Labute approximate surface area is 107 Å². The lowest BCUT2D eigenvalue weighted by Crippen LogP contribution is -2.22. The highest BCUT2D eigenvalue weighted by Gasteiger charge is 2.25. The summed E-state index contributed by atoms with van der Waals surface area (Å²) in [7, 11) is 0. The third kappa shape index (κ3) is 3.15. The van der Waals surface area contributed by atoms with Gasteiger partial charge in [0.15, 0.2) is 0 Å². The number of hydrogen-bond donors (Lipinski definition) is 1. The van der Waals surface area contributed by atoms with E-state index >= 15 is 0 Å². The summed E-state index contributed by atoms with van der Waals surface area (Å²) in [5, 5.41) is 0.588. The number of anilines is 1. The van der Waals surface area contributed by atoms with Crippen LogP contribution in [-0.2, 0) is 0 Å². The van der Waals surface area contributed by atoms with Crippen LogP contribution in [0.15, 0.2) is 23.1 Å². The van der Waals surface area contributed by atoms with Crippen LogP contribution in [0.4, 0.5) is 10.1 Å². The van der Waals surface area contributed by atoms with Gasteiger partial charge in [-0.1, -0.05) is 13.8 Å². The second kappa shape index (κ2) is 5.30. The summed E-state index contributed by atoms with van der Waals surface area (Å²) in [4.78, 5) is 0.900. The van der Waals surface area contributed by atoms with E-state index in [1.54, 1.807) is 23.9 Å². The Morgan fingerprint density at radius 2 is 2.00 bits per heavy atom. The van der Waals surface area contributed by atoms with Crippen molar-refractivity contribution in [1.82, 2.24) is 0 Å². The van der Waals surface area contributed by atoms with Gasteiger partial charge in [0.25, 0.3) is 0 Å². The van der Waals surface area contributed by atoms with Crippen LogP contribution in [0.1, 0.15) is 33.1 Å². The Morgan fingerprint density at radius 3 is 2.71 bits per heavy atom. The van der Waals surface area contributed by atoms with Crippen molar-refractivity contribution in [2.75, 3.05) is 5.73 Å². The molecule has 3 atom stereocenters. The number of halogens is 1. The quantitative estimate of drug-likeness (QED) is 0.794. The number of thioether (sulfide) groups is 1. The molecular formula is C14H20FNS. The summed E-state index contributed by atoms with van der Waals surface area (Å²) in [6, 6.07) is 4.64. The molecule has 94 valence electrons. The number of nitrogens with two attached hydrogens (primary N) is 1. The van der Waals surface area contributed by atoms with Crippen molar-refractivity contribution < 1.29 is 4.39 Å². The lowest BCUT2D eigenvalue weighted by atomic mass is 9.81. The standard InChI is InChI=1S/C14H20FNS/c1-9-3-5-12(7-10(9)2)17-14-8-11(15)4-6-13(14)16/h4,6,8-10,12H,3,5,7,16H2,1-2H3. The second-order valence-electron chi connectivity index (χ2n) is 5.19. The Balaban J connectivity index is 2.03. The van der Waals surface area contributed by atoms with Crippen molar-refractivity contribution in [3.05, 3.63) is 24.0 Å². The van der Waals surface area contributed by atoms with E-state index in [1.807, 2.05) is 0 Å². The summed E-state index contributed by atoms with van der Waals surface area (Å²) in [5.74, 6) is 1.38. The topological polar surface area (TPSA) is 26.0 Å². The lowest BCUT2D eigenvalue weighted by molar-refractivity contribution is 0.283. The number of nitrogen functional groups attached to an aromatic ring is 1. The average Bonchev–Trinajstić information content (AvgIpc) is 2.29. The predicted octanol–water partition coefficient (Wildman–Crippen LogP) is 4.32. The highest BCUT2D eigenvalue weighted by Crippen LogP contribution is 2.40. The zero-order valence-electron chi connectivity index (χ0n) is 10.4. The first-order valence-corrected chi connectivity index (χ1v) is 7.16. The van der Waals surface area contributed by atoms with Gasteiger partial charge in [-0.25, -0.2) is 4.39 Å². The third-order valence-corrected chi connectivity index (χ3v) is 5.19. The summed E-state index contributed by atoms with van der Waals surface area (Å²) in [5.41, 5.74) is 6.58. The minimum atomic E-state index is -0.195. The van der Waals surface area contributed by atoms with Gasteiger partial charge in [-0.05, 0) is 49.3 Å². The number of hydrogen-bond acceptors (Lipinski definition) is 2. The van der Waals surface area contributed by atoms with Gasteiger partial charge < -0.3 is 5.73 Å². The molecule has 1 nitrogen and oxygen atoms in total. The highest BCUT2D eigenvalue weighted by molar-refractivity contribution is 8.00. The molecular weight excluding hydrogens is 233 g/mol. The van der Waals surface area contributed by atoms with E-state index in [0.717, 1.165) is 16.7 Å². The van der Waals surface area contributed by atoms with Crippen molar-refractivity contribution in [2.45, 2.75) is 43.3 Å². The number of rotatable bonds is 2. The summed E-state index contributed by atoms with van der Waals surface area (Å²) < 4.78 is 13.2. The molecule has 2 N–H and O–H groups in total. The summed E-state index contributed by atoms with van der Waals surface area (Å²) >= 11 is 1.75. The normalized spacial score (nSPS) is 29.2. The van der Waals surface area contributed by atoms with Crippen LogP contribution in [0, 0.1) is 17.7 Å². The smallest absolute Gasteiger partial charge is 0.124 e. The van der Waals surface area contributed by atoms with Gasteiger partial charge in [0.1, 0.15) is 5.82 Å². The van der Waals surface area contributed by atoms with E-state index in [-0.39, 0.29) is 5.82 Å². The molecule has 0 radical (unpaired) electrons. The first-order valence-electron chi connectivity index (χ1n) is 6.28. The van der Waals surface area contributed by atoms with E-state index in [9.17, 15) is 4.39 Å². The first kappa shape index (κ1) is 12.7. The van der Waals surface area contributed by atoms with Crippen LogP contribution >= 0.6 is 11.8 Å². The molecule has 0 bridgehead atoms. The SMILES string of the molecule is CC1CCC(Sc2cc(F)ccc2N)CC1C. The molecule has 1 fully saturated rings. The molecule has 0 aliphatic heterocycles. The van der Waals surface area contributed by atoms with Gasteiger partial charge >= 0.3 is 0 Å². The molecule has 1 saturated carbocycles. The van der Waals surface area contributed by atoms with Crippen LogP contribution in [0.2, 0.25) is 0 Å². The molecule has 1 aromatic carbocycles. The monoisotopic (exact) mass is 253 g/mol. The van der Waals surface area contributed by atoms with Crippen molar-refractivity contribution in [3.8, 4) is 0 Å². The van der Waals surface area contributed by atoms with E-state index in [2.05, 4.69) is 13.8 Å². The maximum Gasteiger partial charge on any atom is 0.124 e. The Kier molecular flexibility index (Phi) is 3.97. The molecule has 0 spiro atoms. The van der Waals surface area contributed by atoms with Gasteiger partial charge in [0.05, 0.1) is 0 Å². The zero-order valence-corrected chi connectivity index (χ0v) is 11.3. The largest absolute Gasteiger partial charge is 0.398 e. The fraction of sp³-hybridized carbons (Fsp3) is 0.571. The molecule has 0 saturated heterocycles. The number of benzene rings is 1. The second-order valence-corrected chi connectivity index (χ2v) is 6.53.